The van der Waals surface area contributed by atoms with Gasteiger partial charge < -0.3 is 10.5 Å². The van der Waals surface area contributed by atoms with Gasteiger partial charge in [-0.05, 0) is 12.1 Å². The highest BCUT2D eigenvalue weighted by molar-refractivity contribution is 5.23. The van der Waals surface area contributed by atoms with Crippen LogP contribution in [0.25, 0.3) is 0 Å². The monoisotopic (exact) mass is 237 g/mol. The molecule has 0 heterocycles. The Kier molecular flexibility index (Phi) is 4.12. The van der Waals surface area contributed by atoms with E-state index in [0.717, 1.165) is 6.07 Å². The number of halogens is 4. The Balaban J connectivity index is 2.60. The van der Waals surface area contributed by atoms with Crippen LogP contribution in [0.5, 0.6) is 5.75 Å². The molecule has 6 heteroatoms. The Morgan fingerprint density at radius 3 is 2.38 bits per heavy atom. The summed E-state index contributed by atoms with van der Waals surface area (Å²) >= 11 is 0. The predicted molar refractivity (Wildman–Crippen MR) is 50.5 cm³/mol. The van der Waals surface area contributed by atoms with Crippen molar-refractivity contribution >= 4 is 0 Å². The summed E-state index contributed by atoms with van der Waals surface area (Å²) in [6.45, 7) is -1.26. The molecule has 1 aromatic rings. The van der Waals surface area contributed by atoms with Crippen LogP contribution in [0, 0.1) is 11.7 Å². The van der Waals surface area contributed by atoms with Crippen LogP contribution >= 0.6 is 0 Å². The van der Waals surface area contributed by atoms with Gasteiger partial charge in [-0.15, -0.1) is 0 Å². The molecule has 1 atom stereocenters. The fraction of sp³-hybridized carbons (Fsp3) is 0.400. The molecule has 2 N–H and O–H groups in total. The zero-order valence-electron chi connectivity index (χ0n) is 8.30. The maximum atomic E-state index is 13.0. The molecule has 90 valence electrons. The lowest BCUT2D eigenvalue weighted by atomic mass is 10.1. The van der Waals surface area contributed by atoms with Crippen molar-refractivity contribution in [1.29, 1.82) is 0 Å². The topological polar surface area (TPSA) is 35.2 Å². The first-order valence-corrected chi connectivity index (χ1v) is 4.59. The van der Waals surface area contributed by atoms with Crippen molar-refractivity contribution in [2.24, 2.45) is 11.7 Å². The molecular weight excluding hydrogens is 226 g/mol. The number of rotatable bonds is 4. The van der Waals surface area contributed by atoms with Crippen molar-refractivity contribution in [3.63, 3.8) is 0 Å². The third kappa shape index (κ3) is 3.37. The van der Waals surface area contributed by atoms with E-state index in [-0.39, 0.29) is 5.75 Å². The SMILES string of the molecule is NCC(COc1ccccc1F)C(F)(F)F. The van der Waals surface area contributed by atoms with E-state index in [1.54, 1.807) is 0 Å². The van der Waals surface area contributed by atoms with E-state index in [1.165, 1.54) is 18.2 Å². The van der Waals surface area contributed by atoms with Crippen LogP contribution in [0.1, 0.15) is 0 Å². The summed E-state index contributed by atoms with van der Waals surface area (Å²) in [6, 6.07) is 5.27. The lowest BCUT2D eigenvalue weighted by Gasteiger charge is -2.18. The van der Waals surface area contributed by atoms with Crippen LogP contribution in [0.4, 0.5) is 17.6 Å². The van der Waals surface area contributed by atoms with Gasteiger partial charge in [0.05, 0.1) is 0 Å². The highest BCUT2D eigenvalue weighted by atomic mass is 19.4. The van der Waals surface area contributed by atoms with E-state index in [4.69, 9.17) is 10.5 Å². The Labute approximate surface area is 90.0 Å². The van der Waals surface area contributed by atoms with Crippen molar-refractivity contribution in [2.75, 3.05) is 13.2 Å². The number of nitrogens with two attached hydrogens (primary N) is 1. The minimum atomic E-state index is -4.43. The van der Waals surface area contributed by atoms with Crippen LogP contribution in [0.3, 0.4) is 0 Å². The fourth-order valence-corrected chi connectivity index (χ4v) is 1.05. The van der Waals surface area contributed by atoms with Gasteiger partial charge >= 0.3 is 6.18 Å². The van der Waals surface area contributed by atoms with E-state index in [2.05, 4.69) is 0 Å². The molecule has 1 rings (SSSR count). The molecular formula is C10H11F4NO. The lowest BCUT2D eigenvalue weighted by molar-refractivity contribution is -0.178. The molecule has 0 saturated carbocycles. The Hall–Kier alpha value is -1.30. The van der Waals surface area contributed by atoms with Gasteiger partial charge in [0, 0.05) is 6.54 Å². The second kappa shape index (κ2) is 5.16. The summed E-state index contributed by atoms with van der Waals surface area (Å²) in [4.78, 5) is 0. The number of hydrogen-bond acceptors (Lipinski definition) is 2. The third-order valence-corrected chi connectivity index (χ3v) is 2.02. The standard InChI is InChI=1S/C10H11F4NO/c11-8-3-1-2-4-9(8)16-6-7(5-15)10(12,13)14/h1-4,7H,5-6,15H2. The zero-order chi connectivity index (χ0) is 12.2. The molecule has 0 radical (unpaired) electrons. The van der Waals surface area contributed by atoms with Gasteiger partial charge in [-0.25, -0.2) is 4.39 Å². The van der Waals surface area contributed by atoms with Gasteiger partial charge in [0.1, 0.15) is 12.5 Å². The first-order valence-electron chi connectivity index (χ1n) is 4.59. The number of benzene rings is 1. The van der Waals surface area contributed by atoms with Gasteiger partial charge in [0.2, 0.25) is 0 Å². The summed E-state index contributed by atoms with van der Waals surface area (Å²) in [5.41, 5.74) is 4.97. The molecule has 0 aliphatic carbocycles. The number of para-hydroxylation sites is 1. The number of alkyl halides is 3. The lowest BCUT2D eigenvalue weighted by Crippen LogP contribution is -2.35. The minimum Gasteiger partial charge on any atom is -0.490 e. The highest BCUT2D eigenvalue weighted by Crippen LogP contribution is 2.26. The average Bonchev–Trinajstić information content (AvgIpc) is 2.19. The predicted octanol–water partition coefficient (Wildman–Crippen LogP) is 2.34. The molecule has 0 spiro atoms. The van der Waals surface area contributed by atoms with E-state index in [0.29, 0.717) is 0 Å². The molecule has 2 nitrogen and oxygen atoms in total. The Bertz CT molecular complexity index is 340. The van der Waals surface area contributed by atoms with E-state index < -0.39 is 31.1 Å². The summed E-state index contributed by atoms with van der Waals surface area (Å²) < 4.78 is 54.6. The van der Waals surface area contributed by atoms with Crippen molar-refractivity contribution in [3.8, 4) is 5.75 Å². The quantitative estimate of drug-likeness (QED) is 0.816. The molecule has 0 aliphatic rings. The molecule has 1 unspecified atom stereocenters. The first-order chi connectivity index (χ1) is 7.45. The van der Waals surface area contributed by atoms with Gasteiger partial charge in [-0.2, -0.15) is 13.2 Å². The van der Waals surface area contributed by atoms with Gasteiger partial charge in [-0.3, -0.25) is 0 Å². The van der Waals surface area contributed by atoms with E-state index in [1.807, 2.05) is 0 Å². The Morgan fingerprint density at radius 2 is 1.88 bits per heavy atom. The third-order valence-electron chi connectivity index (χ3n) is 2.02. The summed E-state index contributed by atoms with van der Waals surface area (Å²) in [5.74, 6) is -2.68. The van der Waals surface area contributed by atoms with Crippen LogP contribution in [-0.2, 0) is 0 Å². The second-order valence-corrected chi connectivity index (χ2v) is 3.22. The molecule has 0 aromatic heterocycles. The second-order valence-electron chi connectivity index (χ2n) is 3.22. The van der Waals surface area contributed by atoms with E-state index in [9.17, 15) is 17.6 Å². The molecule has 0 aliphatic heterocycles. The molecule has 16 heavy (non-hydrogen) atoms. The van der Waals surface area contributed by atoms with Crippen LogP contribution < -0.4 is 10.5 Å². The molecule has 1 aromatic carbocycles. The Morgan fingerprint density at radius 1 is 1.25 bits per heavy atom. The average molecular weight is 237 g/mol. The summed E-state index contributed by atoms with van der Waals surface area (Å²) in [7, 11) is 0. The van der Waals surface area contributed by atoms with Crippen molar-refractivity contribution in [2.45, 2.75) is 6.18 Å². The minimum absolute atomic E-state index is 0.204. The van der Waals surface area contributed by atoms with E-state index >= 15 is 0 Å². The smallest absolute Gasteiger partial charge is 0.396 e. The van der Waals surface area contributed by atoms with Gasteiger partial charge in [-0.1, -0.05) is 12.1 Å². The van der Waals surface area contributed by atoms with Crippen LogP contribution in [0.15, 0.2) is 24.3 Å². The number of hydrogen-bond donors (Lipinski definition) is 1. The molecule has 0 amide bonds. The highest BCUT2D eigenvalue weighted by Gasteiger charge is 2.39. The first kappa shape index (κ1) is 12.8. The normalized spacial score (nSPS) is 13.6. The zero-order valence-corrected chi connectivity index (χ0v) is 8.30. The van der Waals surface area contributed by atoms with Crippen LogP contribution in [0.2, 0.25) is 0 Å². The largest absolute Gasteiger partial charge is 0.490 e. The van der Waals surface area contributed by atoms with Crippen molar-refractivity contribution in [1.82, 2.24) is 0 Å². The van der Waals surface area contributed by atoms with Crippen molar-refractivity contribution < 1.29 is 22.3 Å². The molecule has 0 saturated heterocycles. The van der Waals surface area contributed by atoms with Gasteiger partial charge in [0.25, 0.3) is 0 Å². The fourth-order valence-electron chi connectivity index (χ4n) is 1.05. The van der Waals surface area contributed by atoms with Gasteiger partial charge in [0.15, 0.2) is 11.6 Å². The molecule has 0 fully saturated rings. The maximum Gasteiger partial charge on any atom is 0.396 e. The summed E-state index contributed by atoms with van der Waals surface area (Å²) in [5, 5.41) is 0. The molecule has 0 bridgehead atoms. The maximum absolute atomic E-state index is 13.0. The van der Waals surface area contributed by atoms with Crippen molar-refractivity contribution in [3.05, 3.63) is 30.1 Å². The van der Waals surface area contributed by atoms with Crippen LogP contribution in [-0.4, -0.2) is 19.3 Å². The number of ether oxygens (including phenoxy) is 1. The summed E-state index contributed by atoms with van der Waals surface area (Å²) in [6.07, 6.45) is -4.43.